The smallest absolute Gasteiger partial charge is 0.228 e. The lowest BCUT2D eigenvalue weighted by Gasteiger charge is -2.07. The lowest BCUT2D eigenvalue weighted by molar-refractivity contribution is -0.131. The zero-order valence-electron chi connectivity index (χ0n) is 12.8. The number of carbonyl (C=O) groups is 2. The van der Waals surface area contributed by atoms with Crippen LogP contribution >= 0.6 is 0 Å². The average molecular weight is 276 g/mol. The molecule has 0 spiro atoms. The lowest BCUT2D eigenvalue weighted by Crippen LogP contribution is -2.16. The largest absolute Gasteiger partial charge is 0.286 e. The van der Waals surface area contributed by atoms with Crippen molar-refractivity contribution in [1.29, 1.82) is 0 Å². The first kappa shape index (κ1) is 16.9. The fourth-order valence-corrected chi connectivity index (χ4v) is 2.56. The molecule has 1 aliphatic rings. The number of carbonyl (C=O) groups excluding carboxylic acids is 2. The first-order valence-electron chi connectivity index (χ1n) is 8.21. The first-order chi connectivity index (χ1) is 9.75. The van der Waals surface area contributed by atoms with E-state index >= 15 is 0 Å². The summed E-state index contributed by atoms with van der Waals surface area (Å²) in [7, 11) is 0. The van der Waals surface area contributed by atoms with Gasteiger partial charge in [0.05, 0.1) is 0 Å². The molecule has 2 heteroatoms. The van der Waals surface area contributed by atoms with E-state index < -0.39 is 0 Å². The van der Waals surface area contributed by atoms with Gasteiger partial charge in [-0.15, -0.1) is 0 Å². The predicted octanol–water partition coefficient (Wildman–Crippen LogP) is 4.93. The van der Waals surface area contributed by atoms with E-state index in [1.165, 1.54) is 57.4 Å². The Morgan fingerprint density at radius 1 is 0.800 bits per heavy atom. The van der Waals surface area contributed by atoms with Crippen molar-refractivity contribution >= 4 is 11.6 Å². The fourth-order valence-electron chi connectivity index (χ4n) is 2.56. The van der Waals surface area contributed by atoms with E-state index in [0.29, 0.717) is 5.57 Å². The molecule has 0 aliphatic heterocycles. The molecule has 20 heavy (non-hydrogen) atoms. The highest BCUT2D eigenvalue weighted by Gasteiger charge is 2.17. The highest BCUT2D eigenvalue weighted by Crippen LogP contribution is 2.16. The Morgan fingerprint density at radius 3 is 1.95 bits per heavy atom. The van der Waals surface area contributed by atoms with Crippen molar-refractivity contribution in [2.24, 2.45) is 0 Å². The average Bonchev–Trinajstić information content (AvgIpc) is 2.45. The molecule has 0 aromatic heterocycles. The summed E-state index contributed by atoms with van der Waals surface area (Å²) in [5.41, 5.74) is 0.692. The van der Waals surface area contributed by atoms with E-state index in [1.54, 1.807) is 12.2 Å². The molecule has 0 amide bonds. The second kappa shape index (κ2) is 10.6. The number of Topliss-reactive ketones (excluding diaryl/α,β-unsaturated/α-hetero) is 1. The summed E-state index contributed by atoms with van der Waals surface area (Å²) in [6.45, 7) is 2.25. The Morgan fingerprint density at radius 2 is 1.35 bits per heavy atom. The van der Waals surface area contributed by atoms with Gasteiger partial charge in [-0.25, -0.2) is 0 Å². The monoisotopic (exact) mass is 276 g/mol. The fraction of sp³-hybridized carbons (Fsp3) is 0.667. The summed E-state index contributed by atoms with van der Waals surface area (Å²) >= 11 is 0. The van der Waals surface area contributed by atoms with Crippen LogP contribution in [0.2, 0.25) is 0 Å². The summed E-state index contributed by atoms with van der Waals surface area (Å²) in [5.74, 6) is -0.669. The van der Waals surface area contributed by atoms with Crippen LogP contribution in [-0.2, 0) is 9.59 Å². The Hall–Kier alpha value is -1.18. The molecule has 1 rings (SSSR count). The number of hydrogen-bond donors (Lipinski definition) is 0. The summed E-state index contributed by atoms with van der Waals surface area (Å²) < 4.78 is 0. The van der Waals surface area contributed by atoms with Crippen LogP contribution in [0, 0.1) is 0 Å². The minimum absolute atomic E-state index is 0.302. The van der Waals surface area contributed by atoms with Crippen molar-refractivity contribution in [1.82, 2.24) is 0 Å². The molecule has 2 nitrogen and oxygen atoms in total. The minimum Gasteiger partial charge on any atom is -0.286 e. The molecule has 0 aromatic carbocycles. The van der Waals surface area contributed by atoms with Gasteiger partial charge < -0.3 is 0 Å². The van der Waals surface area contributed by atoms with Gasteiger partial charge in [-0.3, -0.25) is 9.59 Å². The van der Waals surface area contributed by atoms with Crippen molar-refractivity contribution in [3.8, 4) is 0 Å². The van der Waals surface area contributed by atoms with Crippen LogP contribution in [0.5, 0.6) is 0 Å². The number of unbranched alkanes of at least 4 members (excludes halogenated alkanes) is 9. The summed E-state index contributed by atoms with van der Waals surface area (Å²) in [5, 5.41) is 0. The highest BCUT2D eigenvalue weighted by molar-refractivity contribution is 6.48. The normalized spacial score (nSPS) is 14.8. The molecule has 0 saturated carbocycles. The maximum Gasteiger partial charge on any atom is 0.228 e. The third-order valence-electron chi connectivity index (χ3n) is 3.86. The molecule has 0 unspecified atom stereocenters. The van der Waals surface area contributed by atoms with Crippen LogP contribution in [0.15, 0.2) is 23.8 Å². The zero-order chi connectivity index (χ0) is 14.6. The van der Waals surface area contributed by atoms with Crippen molar-refractivity contribution in [3.05, 3.63) is 23.8 Å². The van der Waals surface area contributed by atoms with E-state index in [-0.39, 0.29) is 11.6 Å². The summed E-state index contributed by atoms with van der Waals surface area (Å²) in [4.78, 5) is 22.8. The van der Waals surface area contributed by atoms with E-state index in [1.807, 2.05) is 0 Å². The molecule has 112 valence electrons. The second-order valence-electron chi connectivity index (χ2n) is 5.68. The Bertz CT molecular complexity index is 364. The third-order valence-corrected chi connectivity index (χ3v) is 3.86. The van der Waals surface area contributed by atoms with E-state index in [0.717, 1.165) is 19.3 Å². The summed E-state index contributed by atoms with van der Waals surface area (Å²) in [6.07, 6.45) is 18.5. The molecule has 0 bridgehead atoms. The second-order valence-corrected chi connectivity index (χ2v) is 5.68. The van der Waals surface area contributed by atoms with Crippen LogP contribution in [0.1, 0.15) is 77.6 Å². The molecule has 0 atom stereocenters. The van der Waals surface area contributed by atoms with Crippen molar-refractivity contribution in [2.45, 2.75) is 77.6 Å². The third kappa shape index (κ3) is 6.83. The molecule has 1 aliphatic carbocycles. The van der Waals surface area contributed by atoms with Gasteiger partial charge in [0.25, 0.3) is 0 Å². The van der Waals surface area contributed by atoms with Crippen LogP contribution in [-0.4, -0.2) is 11.6 Å². The Labute approximate surface area is 123 Å². The molecule has 0 heterocycles. The van der Waals surface area contributed by atoms with Crippen molar-refractivity contribution in [2.75, 3.05) is 0 Å². The Kier molecular flexibility index (Phi) is 8.93. The molecule has 0 aromatic rings. The number of ketones is 2. The molecule has 0 fully saturated rings. The topological polar surface area (TPSA) is 34.1 Å². The zero-order valence-corrected chi connectivity index (χ0v) is 12.8. The quantitative estimate of drug-likeness (QED) is 0.304. The number of rotatable bonds is 11. The SMILES string of the molecule is CCCCCCCCCCCCC1=CC=CC(=O)C1=O. The molecular formula is C18H28O2. The van der Waals surface area contributed by atoms with E-state index in [9.17, 15) is 9.59 Å². The van der Waals surface area contributed by atoms with Crippen LogP contribution in [0.25, 0.3) is 0 Å². The van der Waals surface area contributed by atoms with Gasteiger partial charge in [-0.05, 0) is 18.9 Å². The molecule has 0 saturated heterocycles. The van der Waals surface area contributed by atoms with Gasteiger partial charge >= 0.3 is 0 Å². The van der Waals surface area contributed by atoms with Crippen molar-refractivity contribution in [3.63, 3.8) is 0 Å². The van der Waals surface area contributed by atoms with E-state index in [2.05, 4.69) is 6.92 Å². The van der Waals surface area contributed by atoms with Gasteiger partial charge in [0, 0.05) is 5.57 Å². The van der Waals surface area contributed by atoms with Gasteiger partial charge in [-0.2, -0.15) is 0 Å². The van der Waals surface area contributed by atoms with Gasteiger partial charge in [0.15, 0.2) is 0 Å². The minimum atomic E-state index is -0.366. The Balaban J connectivity index is 1.95. The van der Waals surface area contributed by atoms with Crippen LogP contribution in [0.3, 0.4) is 0 Å². The molecule has 0 N–H and O–H groups in total. The maximum absolute atomic E-state index is 11.5. The molecular weight excluding hydrogens is 248 g/mol. The standard InChI is InChI=1S/C18H28O2/c1-2-3-4-5-6-7-8-9-10-11-13-16-14-12-15-17(19)18(16)20/h12,14-15H,2-11,13H2,1H3. The summed E-state index contributed by atoms with van der Waals surface area (Å²) in [6, 6.07) is 0. The van der Waals surface area contributed by atoms with Gasteiger partial charge in [0.2, 0.25) is 11.6 Å². The highest BCUT2D eigenvalue weighted by atomic mass is 16.2. The first-order valence-corrected chi connectivity index (χ1v) is 8.21. The number of hydrogen-bond acceptors (Lipinski definition) is 2. The van der Waals surface area contributed by atoms with Crippen molar-refractivity contribution < 1.29 is 9.59 Å². The lowest BCUT2D eigenvalue weighted by atomic mass is 9.96. The van der Waals surface area contributed by atoms with E-state index in [4.69, 9.17) is 0 Å². The maximum atomic E-state index is 11.5. The van der Waals surface area contributed by atoms with Crippen LogP contribution < -0.4 is 0 Å². The molecule has 0 radical (unpaired) electrons. The van der Waals surface area contributed by atoms with Gasteiger partial charge in [-0.1, -0.05) is 76.9 Å². The number of allylic oxidation sites excluding steroid dienone is 4. The van der Waals surface area contributed by atoms with Gasteiger partial charge in [0.1, 0.15) is 0 Å². The van der Waals surface area contributed by atoms with Crippen LogP contribution in [0.4, 0.5) is 0 Å². The predicted molar refractivity (Wildman–Crippen MR) is 83.7 cm³/mol.